The fourth-order valence-corrected chi connectivity index (χ4v) is 2.66. The molecule has 4 heteroatoms. The Morgan fingerprint density at radius 1 is 1.09 bits per heavy atom. The van der Waals surface area contributed by atoms with Crippen LogP contribution >= 0.6 is 15.9 Å². The first-order valence-electron chi connectivity index (χ1n) is 7.48. The molecule has 0 aliphatic heterocycles. The molecule has 0 heterocycles. The molecular weight excluding hydrogens is 356 g/mol. The van der Waals surface area contributed by atoms with Crippen molar-refractivity contribution in [3.8, 4) is 5.75 Å². The van der Waals surface area contributed by atoms with Crippen LogP contribution in [0, 0.1) is 0 Å². The summed E-state index contributed by atoms with van der Waals surface area (Å²) in [4.78, 5) is 10.7. The van der Waals surface area contributed by atoms with Gasteiger partial charge in [0.2, 0.25) is 0 Å². The smallest absolute Gasteiger partial charge is 0.307 e. The monoisotopic (exact) mass is 376 g/mol. The lowest BCUT2D eigenvalue weighted by molar-refractivity contribution is -0.136. The van der Waals surface area contributed by atoms with Gasteiger partial charge < -0.3 is 9.84 Å². The minimum atomic E-state index is -0.821. The number of hydrogen-bond donors (Lipinski definition) is 1. The summed E-state index contributed by atoms with van der Waals surface area (Å²) < 4.78 is 7.02. The Hall–Kier alpha value is -1.81. The standard InChI is InChI=1S/C19H21BrO3/c1-19(2,3)16-11-15(20)8-9-17(16)23-12-14-6-4-13(5-7-14)10-18(21)22/h4-9,11H,10,12H2,1-3H3,(H,21,22). The molecule has 122 valence electrons. The Labute approximate surface area is 145 Å². The Balaban J connectivity index is 2.10. The van der Waals surface area contributed by atoms with E-state index in [-0.39, 0.29) is 11.8 Å². The van der Waals surface area contributed by atoms with E-state index in [1.54, 1.807) is 0 Å². The molecule has 0 amide bonds. The normalized spacial score (nSPS) is 11.3. The van der Waals surface area contributed by atoms with Gasteiger partial charge in [-0.05, 0) is 34.7 Å². The SMILES string of the molecule is CC(C)(C)c1cc(Br)ccc1OCc1ccc(CC(=O)O)cc1. The van der Waals surface area contributed by atoms with Crippen molar-refractivity contribution in [2.45, 2.75) is 39.2 Å². The highest BCUT2D eigenvalue weighted by atomic mass is 79.9. The Morgan fingerprint density at radius 3 is 2.26 bits per heavy atom. The molecule has 1 N–H and O–H groups in total. The highest BCUT2D eigenvalue weighted by Crippen LogP contribution is 2.34. The predicted molar refractivity (Wildman–Crippen MR) is 95.0 cm³/mol. The minimum absolute atomic E-state index is 0.00947. The van der Waals surface area contributed by atoms with Gasteiger partial charge in [-0.25, -0.2) is 0 Å². The summed E-state index contributed by atoms with van der Waals surface area (Å²) in [6, 6.07) is 13.5. The molecule has 0 aliphatic carbocycles. The average Bonchev–Trinajstić information content (AvgIpc) is 2.46. The zero-order valence-electron chi connectivity index (χ0n) is 13.6. The first kappa shape index (κ1) is 17.5. The molecule has 2 aromatic rings. The Bertz CT molecular complexity index is 685. The first-order valence-corrected chi connectivity index (χ1v) is 8.27. The molecule has 3 nitrogen and oxygen atoms in total. The Kier molecular flexibility index (Phi) is 5.47. The van der Waals surface area contributed by atoms with E-state index in [1.165, 1.54) is 0 Å². The number of hydrogen-bond acceptors (Lipinski definition) is 2. The van der Waals surface area contributed by atoms with Crippen LogP contribution in [-0.4, -0.2) is 11.1 Å². The zero-order chi connectivity index (χ0) is 17.0. The number of rotatable bonds is 5. The van der Waals surface area contributed by atoms with Gasteiger partial charge in [0.15, 0.2) is 0 Å². The quantitative estimate of drug-likeness (QED) is 0.802. The van der Waals surface area contributed by atoms with Gasteiger partial charge in [-0.3, -0.25) is 4.79 Å². The van der Waals surface area contributed by atoms with E-state index in [0.717, 1.165) is 26.9 Å². The van der Waals surface area contributed by atoms with Crippen LogP contribution in [0.5, 0.6) is 5.75 Å². The minimum Gasteiger partial charge on any atom is -0.489 e. The topological polar surface area (TPSA) is 46.5 Å². The number of carbonyl (C=O) groups is 1. The zero-order valence-corrected chi connectivity index (χ0v) is 15.2. The molecular formula is C19H21BrO3. The molecule has 0 atom stereocenters. The van der Waals surface area contributed by atoms with Crippen molar-refractivity contribution in [1.82, 2.24) is 0 Å². The van der Waals surface area contributed by atoms with Crippen molar-refractivity contribution < 1.29 is 14.6 Å². The van der Waals surface area contributed by atoms with Gasteiger partial charge in [0.25, 0.3) is 0 Å². The molecule has 0 radical (unpaired) electrons. The molecule has 0 aromatic heterocycles. The lowest BCUT2D eigenvalue weighted by Crippen LogP contribution is -2.13. The van der Waals surface area contributed by atoms with Crippen LogP contribution in [0.15, 0.2) is 46.9 Å². The highest BCUT2D eigenvalue weighted by Gasteiger charge is 2.19. The van der Waals surface area contributed by atoms with Crippen LogP contribution in [0.4, 0.5) is 0 Å². The van der Waals surface area contributed by atoms with E-state index in [0.29, 0.717) is 6.61 Å². The largest absolute Gasteiger partial charge is 0.489 e. The van der Waals surface area contributed by atoms with Gasteiger partial charge in [0, 0.05) is 10.0 Å². The van der Waals surface area contributed by atoms with Crippen LogP contribution in [0.1, 0.15) is 37.5 Å². The number of benzene rings is 2. The number of halogens is 1. The van der Waals surface area contributed by atoms with Crippen molar-refractivity contribution in [3.63, 3.8) is 0 Å². The van der Waals surface area contributed by atoms with E-state index in [1.807, 2.05) is 36.4 Å². The van der Waals surface area contributed by atoms with Gasteiger partial charge >= 0.3 is 5.97 Å². The van der Waals surface area contributed by atoms with Crippen molar-refractivity contribution in [2.75, 3.05) is 0 Å². The second kappa shape index (κ2) is 7.18. The summed E-state index contributed by atoms with van der Waals surface area (Å²) in [7, 11) is 0. The number of carboxylic acid groups (broad SMARTS) is 1. The fraction of sp³-hybridized carbons (Fsp3) is 0.316. The van der Waals surface area contributed by atoms with Crippen molar-refractivity contribution in [2.24, 2.45) is 0 Å². The van der Waals surface area contributed by atoms with Crippen molar-refractivity contribution in [1.29, 1.82) is 0 Å². The lowest BCUT2D eigenvalue weighted by Gasteiger charge is -2.23. The fourth-order valence-electron chi connectivity index (χ4n) is 2.30. The van der Waals surface area contributed by atoms with Crippen LogP contribution in [0.2, 0.25) is 0 Å². The summed E-state index contributed by atoms with van der Waals surface area (Å²) in [5, 5.41) is 8.79. The number of ether oxygens (including phenoxy) is 1. The molecule has 0 bridgehead atoms. The van der Waals surface area contributed by atoms with Crippen LogP contribution in [0.25, 0.3) is 0 Å². The van der Waals surface area contributed by atoms with Gasteiger partial charge in [-0.15, -0.1) is 0 Å². The maximum atomic E-state index is 10.7. The maximum absolute atomic E-state index is 10.7. The van der Waals surface area contributed by atoms with Crippen LogP contribution < -0.4 is 4.74 Å². The van der Waals surface area contributed by atoms with E-state index in [2.05, 4.69) is 42.8 Å². The van der Waals surface area contributed by atoms with Gasteiger partial charge in [0.1, 0.15) is 12.4 Å². The molecule has 0 fully saturated rings. The van der Waals surface area contributed by atoms with Gasteiger partial charge in [-0.2, -0.15) is 0 Å². The maximum Gasteiger partial charge on any atom is 0.307 e. The summed E-state index contributed by atoms with van der Waals surface area (Å²) in [6.45, 7) is 6.92. The van der Waals surface area contributed by atoms with E-state index in [9.17, 15) is 4.79 Å². The van der Waals surface area contributed by atoms with Gasteiger partial charge in [0.05, 0.1) is 6.42 Å². The van der Waals surface area contributed by atoms with E-state index < -0.39 is 5.97 Å². The summed E-state index contributed by atoms with van der Waals surface area (Å²) >= 11 is 3.51. The molecule has 2 aromatic carbocycles. The predicted octanol–water partition coefficient (Wildman–Crippen LogP) is 4.95. The lowest BCUT2D eigenvalue weighted by atomic mass is 9.86. The highest BCUT2D eigenvalue weighted by molar-refractivity contribution is 9.10. The third kappa shape index (κ3) is 5.10. The van der Waals surface area contributed by atoms with E-state index >= 15 is 0 Å². The third-order valence-electron chi connectivity index (χ3n) is 3.52. The second-order valence-electron chi connectivity index (χ2n) is 6.57. The van der Waals surface area contributed by atoms with Crippen LogP contribution in [-0.2, 0) is 23.2 Å². The van der Waals surface area contributed by atoms with Crippen molar-refractivity contribution >= 4 is 21.9 Å². The average molecular weight is 377 g/mol. The molecule has 0 unspecified atom stereocenters. The molecule has 0 aliphatic rings. The Morgan fingerprint density at radius 2 is 1.70 bits per heavy atom. The number of aliphatic carboxylic acids is 1. The van der Waals surface area contributed by atoms with Gasteiger partial charge in [-0.1, -0.05) is 61.0 Å². The summed E-state index contributed by atoms with van der Waals surface area (Å²) in [6.07, 6.45) is 0.0437. The van der Waals surface area contributed by atoms with Crippen LogP contribution in [0.3, 0.4) is 0 Å². The third-order valence-corrected chi connectivity index (χ3v) is 4.02. The summed E-state index contributed by atoms with van der Waals surface area (Å²) in [5.74, 6) is 0.0500. The molecule has 2 rings (SSSR count). The molecule has 0 saturated heterocycles. The summed E-state index contributed by atoms with van der Waals surface area (Å²) in [5.41, 5.74) is 2.95. The van der Waals surface area contributed by atoms with E-state index in [4.69, 9.17) is 9.84 Å². The first-order chi connectivity index (χ1) is 10.8. The molecule has 0 spiro atoms. The number of carboxylic acids is 1. The van der Waals surface area contributed by atoms with Crippen molar-refractivity contribution in [3.05, 3.63) is 63.6 Å². The molecule has 23 heavy (non-hydrogen) atoms. The second-order valence-corrected chi connectivity index (χ2v) is 7.48. The molecule has 0 saturated carbocycles.